The Balaban J connectivity index is 1.31. The Kier molecular flexibility index (Phi) is 8.29. The molecule has 0 bridgehead atoms. The van der Waals surface area contributed by atoms with Gasteiger partial charge in [-0.1, -0.05) is 6.07 Å². The number of pyridine rings is 1. The van der Waals surface area contributed by atoms with Gasteiger partial charge in [-0.2, -0.15) is 0 Å². The van der Waals surface area contributed by atoms with Crippen molar-refractivity contribution in [2.75, 3.05) is 60.3 Å². The smallest absolute Gasteiger partial charge is 0.325 e. The number of furan rings is 1. The highest BCUT2D eigenvalue weighted by Crippen LogP contribution is 2.37. The van der Waals surface area contributed by atoms with Gasteiger partial charge in [-0.05, 0) is 29.8 Å². The molecule has 0 unspecified atom stereocenters. The second kappa shape index (κ2) is 12.0. The number of amides is 4. The van der Waals surface area contributed by atoms with Crippen LogP contribution in [0.15, 0.2) is 47.0 Å². The second-order valence-corrected chi connectivity index (χ2v) is 9.51. The minimum Gasteiger partial charge on any atom is -0.497 e. The molecule has 3 aromatic rings. The molecule has 5 rings (SSSR count). The number of imide groups is 1. The van der Waals surface area contributed by atoms with E-state index < -0.39 is 17.5 Å². The highest BCUT2D eigenvalue weighted by molar-refractivity contribution is 6.07. The molecule has 12 nitrogen and oxygen atoms in total. The van der Waals surface area contributed by atoms with E-state index >= 15 is 0 Å². The van der Waals surface area contributed by atoms with E-state index in [9.17, 15) is 14.4 Å². The van der Waals surface area contributed by atoms with E-state index in [0.717, 1.165) is 10.5 Å². The van der Waals surface area contributed by atoms with Gasteiger partial charge in [0.2, 0.25) is 0 Å². The summed E-state index contributed by atoms with van der Waals surface area (Å²) in [7, 11) is 3.14. The van der Waals surface area contributed by atoms with Crippen LogP contribution in [0.25, 0.3) is 11.1 Å². The Hall–Kier alpha value is -4.00. The Bertz CT molecular complexity index is 1360. The highest BCUT2D eigenvalue weighted by Gasteiger charge is 2.54. The summed E-state index contributed by atoms with van der Waals surface area (Å²) in [6, 6.07) is 9.97. The van der Waals surface area contributed by atoms with Crippen molar-refractivity contribution in [3.8, 4) is 5.75 Å². The zero-order valence-corrected chi connectivity index (χ0v) is 22.5. The predicted octanol–water partition coefficient (Wildman–Crippen LogP) is 2.31. The maximum atomic E-state index is 13.9. The van der Waals surface area contributed by atoms with Crippen molar-refractivity contribution >= 4 is 28.9 Å². The first kappa shape index (κ1) is 27.6. The lowest BCUT2D eigenvalue weighted by molar-refractivity contribution is -0.133. The molecular weight excluding hydrogens is 520 g/mol. The van der Waals surface area contributed by atoms with E-state index in [0.29, 0.717) is 55.4 Å². The van der Waals surface area contributed by atoms with Crippen molar-refractivity contribution in [3.05, 3.63) is 59.5 Å². The number of aromatic nitrogens is 1. The standard InChI is InChI=1S/C28H32N4O8/c1-36-12-13-39-15-14-38-11-10-32-26(34)28(30-27(32)35,24-17-22-23(40-24)4-3-8-29-22)7-9-31-18-19-5-6-20(37-2)16-21(19)25(31)33/h3-6,8,16-17H,7,9-15,18H2,1-2H3,(H,30,35)/t28-/m0/s1. The number of hydrogen-bond donors (Lipinski definition) is 1. The lowest BCUT2D eigenvalue weighted by atomic mass is 9.91. The molecule has 1 aromatic carbocycles. The van der Waals surface area contributed by atoms with Crippen molar-refractivity contribution in [1.82, 2.24) is 20.1 Å². The minimum atomic E-state index is -1.51. The number of rotatable bonds is 14. The summed E-state index contributed by atoms with van der Waals surface area (Å²) >= 11 is 0. The lowest BCUT2D eigenvalue weighted by Crippen LogP contribution is -2.46. The Morgan fingerprint density at radius 1 is 1.00 bits per heavy atom. The number of ether oxygens (including phenoxy) is 4. The summed E-state index contributed by atoms with van der Waals surface area (Å²) in [5, 5.41) is 2.86. The maximum absolute atomic E-state index is 13.9. The van der Waals surface area contributed by atoms with Gasteiger partial charge < -0.3 is 33.6 Å². The average molecular weight is 553 g/mol. The molecule has 0 radical (unpaired) electrons. The number of methoxy groups -OCH3 is 2. The molecule has 212 valence electrons. The molecule has 1 N–H and O–H groups in total. The zero-order chi connectivity index (χ0) is 28.1. The first-order chi connectivity index (χ1) is 19.5. The van der Waals surface area contributed by atoms with Crippen LogP contribution >= 0.6 is 0 Å². The zero-order valence-electron chi connectivity index (χ0n) is 22.5. The number of carbonyl (C=O) groups is 3. The van der Waals surface area contributed by atoms with Gasteiger partial charge in [0.15, 0.2) is 11.1 Å². The molecule has 4 heterocycles. The van der Waals surface area contributed by atoms with Gasteiger partial charge in [0.1, 0.15) is 17.0 Å². The topological polar surface area (TPSA) is 133 Å². The van der Waals surface area contributed by atoms with Gasteiger partial charge in [0.05, 0.1) is 46.7 Å². The molecule has 2 aliphatic heterocycles. The first-order valence-corrected chi connectivity index (χ1v) is 13.1. The summed E-state index contributed by atoms with van der Waals surface area (Å²) in [6.45, 7) is 2.43. The SMILES string of the molecule is COCCOCCOCCN1C(=O)N[C@@](CCN2Cc3ccc(OC)cc3C2=O)(c2cc3ncccc3o2)C1=O. The second-order valence-electron chi connectivity index (χ2n) is 9.51. The summed E-state index contributed by atoms with van der Waals surface area (Å²) in [5.41, 5.74) is 0.984. The number of benzene rings is 1. The minimum absolute atomic E-state index is 0.0524. The number of carbonyl (C=O) groups excluding carboxylic acids is 3. The molecule has 4 amide bonds. The Morgan fingerprint density at radius 3 is 2.58 bits per heavy atom. The molecule has 1 fully saturated rings. The fraction of sp³-hybridized carbons (Fsp3) is 0.429. The van der Waals surface area contributed by atoms with Crippen LogP contribution in [-0.4, -0.2) is 93.0 Å². The largest absolute Gasteiger partial charge is 0.497 e. The number of urea groups is 1. The van der Waals surface area contributed by atoms with Crippen LogP contribution in [0.2, 0.25) is 0 Å². The number of hydrogen-bond acceptors (Lipinski definition) is 9. The van der Waals surface area contributed by atoms with Crippen LogP contribution in [0, 0.1) is 0 Å². The van der Waals surface area contributed by atoms with Crippen LogP contribution in [0.5, 0.6) is 5.75 Å². The highest BCUT2D eigenvalue weighted by atomic mass is 16.5. The van der Waals surface area contributed by atoms with Crippen LogP contribution in [0.3, 0.4) is 0 Å². The lowest BCUT2D eigenvalue weighted by Gasteiger charge is -2.27. The van der Waals surface area contributed by atoms with E-state index in [1.807, 2.05) is 12.1 Å². The van der Waals surface area contributed by atoms with Gasteiger partial charge >= 0.3 is 6.03 Å². The molecule has 12 heteroatoms. The van der Waals surface area contributed by atoms with Crippen LogP contribution in [0.4, 0.5) is 4.79 Å². The summed E-state index contributed by atoms with van der Waals surface area (Å²) in [4.78, 5) is 47.2. The summed E-state index contributed by atoms with van der Waals surface area (Å²) < 4.78 is 27.2. The average Bonchev–Trinajstić information content (AvgIpc) is 3.61. The van der Waals surface area contributed by atoms with E-state index in [1.165, 1.54) is 0 Å². The fourth-order valence-corrected chi connectivity index (χ4v) is 4.94. The van der Waals surface area contributed by atoms with Crippen LogP contribution in [0.1, 0.15) is 28.1 Å². The number of nitrogens with one attached hydrogen (secondary N) is 1. The summed E-state index contributed by atoms with van der Waals surface area (Å²) in [6.07, 6.45) is 1.74. The molecule has 40 heavy (non-hydrogen) atoms. The molecule has 1 saturated heterocycles. The molecule has 0 aliphatic carbocycles. The number of nitrogens with zero attached hydrogens (tertiary/aromatic N) is 3. The van der Waals surface area contributed by atoms with Crippen LogP contribution < -0.4 is 10.1 Å². The summed E-state index contributed by atoms with van der Waals surface area (Å²) in [5.74, 6) is 0.227. The molecule has 0 spiro atoms. The molecule has 0 saturated carbocycles. The van der Waals surface area contributed by atoms with Crippen molar-refractivity contribution in [3.63, 3.8) is 0 Å². The first-order valence-electron chi connectivity index (χ1n) is 13.1. The molecule has 1 atom stereocenters. The van der Waals surface area contributed by atoms with E-state index in [-0.39, 0.29) is 37.8 Å². The van der Waals surface area contributed by atoms with Crippen molar-refractivity contribution < 1.29 is 37.7 Å². The van der Waals surface area contributed by atoms with Gasteiger partial charge in [-0.25, -0.2) is 4.79 Å². The van der Waals surface area contributed by atoms with Crippen molar-refractivity contribution in [1.29, 1.82) is 0 Å². The van der Waals surface area contributed by atoms with Gasteiger partial charge in [0, 0.05) is 44.4 Å². The molecule has 2 aliphatic rings. The quantitative estimate of drug-likeness (QED) is 0.236. The monoisotopic (exact) mass is 552 g/mol. The van der Waals surface area contributed by atoms with Gasteiger partial charge in [-0.15, -0.1) is 0 Å². The maximum Gasteiger partial charge on any atom is 0.325 e. The van der Waals surface area contributed by atoms with Gasteiger partial charge in [0.25, 0.3) is 11.8 Å². The van der Waals surface area contributed by atoms with Crippen molar-refractivity contribution in [2.45, 2.75) is 18.5 Å². The normalized spacial score (nSPS) is 18.6. The van der Waals surface area contributed by atoms with E-state index in [2.05, 4.69) is 10.3 Å². The van der Waals surface area contributed by atoms with E-state index in [1.54, 1.807) is 49.6 Å². The van der Waals surface area contributed by atoms with Gasteiger partial charge in [-0.3, -0.25) is 19.5 Å². The Labute approximate surface area is 231 Å². The van der Waals surface area contributed by atoms with Crippen molar-refractivity contribution in [2.24, 2.45) is 0 Å². The predicted molar refractivity (Wildman–Crippen MR) is 142 cm³/mol. The van der Waals surface area contributed by atoms with E-state index in [4.69, 9.17) is 23.4 Å². The third-order valence-corrected chi connectivity index (χ3v) is 7.10. The Morgan fingerprint density at radius 2 is 1.80 bits per heavy atom. The number of fused-ring (bicyclic) bond motifs is 2. The third kappa shape index (κ3) is 5.37. The molecule has 2 aromatic heterocycles. The molecular formula is C28H32N4O8. The fourth-order valence-electron chi connectivity index (χ4n) is 4.94. The third-order valence-electron chi connectivity index (χ3n) is 7.10. The van der Waals surface area contributed by atoms with Crippen LogP contribution in [-0.2, 0) is 31.1 Å².